The molecule has 2 aromatic carbocycles. The van der Waals surface area contributed by atoms with E-state index in [4.69, 9.17) is 0 Å². The van der Waals surface area contributed by atoms with Gasteiger partial charge in [0.2, 0.25) is 0 Å². The average Bonchev–Trinajstić information content (AvgIpc) is 3.52. The molecule has 40 heavy (non-hydrogen) atoms. The van der Waals surface area contributed by atoms with Crippen LogP contribution in [0.4, 0.5) is 36.6 Å². The Kier molecular flexibility index (Phi) is 6.56. The van der Waals surface area contributed by atoms with E-state index < -0.39 is 58.8 Å². The Balaban J connectivity index is 1.44. The van der Waals surface area contributed by atoms with Gasteiger partial charge in [0, 0.05) is 30.0 Å². The van der Waals surface area contributed by atoms with Crippen LogP contribution in [-0.2, 0) is 12.7 Å². The second-order valence-electron chi connectivity index (χ2n) is 8.92. The minimum absolute atomic E-state index is 0.0294. The van der Waals surface area contributed by atoms with Crippen molar-refractivity contribution in [2.45, 2.75) is 26.6 Å². The summed E-state index contributed by atoms with van der Waals surface area (Å²) >= 11 is 0. The van der Waals surface area contributed by atoms with Gasteiger partial charge in [-0.2, -0.15) is 23.4 Å². The molecular formula is C26H17F7N6O. The van der Waals surface area contributed by atoms with E-state index in [1.807, 2.05) is 13.8 Å². The number of anilines is 1. The van der Waals surface area contributed by atoms with Crippen LogP contribution in [0.25, 0.3) is 16.9 Å². The van der Waals surface area contributed by atoms with Gasteiger partial charge in [-0.15, -0.1) is 0 Å². The minimum Gasteiger partial charge on any atom is -0.304 e. The van der Waals surface area contributed by atoms with Crippen molar-refractivity contribution in [1.29, 1.82) is 0 Å². The Morgan fingerprint density at radius 3 is 2.25 bits per heavy atom. The number of hydrogen-bond donors (Lipinski definition) is 1. The van der Waals surface area contributed by atoms with Gasteiger partial charge in [-0.3, -0.25) is 9.48 Å². The first-order valence-electron chi connectivity index (χ1n) is 11.5. The Hall–Kier alpha value is -4.75. The van der Waals surface area contributed by atoms with Gasteiger partial charge in [0.05, 0.1) is 17.8 Å². The quantitative estimate of drug-likeness (QED) is 0.208. The summed E-state index contributed by atoms with van der Waals surface area (Å²) < 4.78 is 98.0. The van der Waals surface area contributed by atoms with Crippen LogP contribution in [0.15, 0.2) is 48.7 Å². The second kappa shape index (κ2) is 9.77. The van der Waals surface area contributed by atoms with E-state index in [-0.39, 0.29) is 23.2 Å². The van der Waals surface area contributed by atoms with Gasteiger partial charge >= 0.3 is 6.18 Å². The molecule has 0 aliphatic rings. The molecule has 7 nitrogen and oxygen atoms in total. The molecule has 3 aromatic heterocycles. The highest BCUT2D eigenvalue weighted by molar-refractivity contribution is 6.03. The lowest BCUT2D eigenvalue weighted by molar-refractivity contribution is -0.142. The summed E-state index contributed by atoms with van der Waals surface area (Å²) in [6.07, 6.45) is -3.66. The smallest absolute Gasteiger partial charge is 0.304 e. The van der Waals surface area contributed by atoms with Crippen LogP contribution in [0.2, 0.25) is 0 Å². The SMILES string of the molecule is Cc1ccc(-c2cc(C(F)(F)F)n3nc(C(=O)Nc4ccn(Cc5c(F)c(F)cc(F)c5F)n4)cc3n2)cc1C. The normalized spacial score (nSPS) is 11.8. The summed E-state index contributed by atoms with van der Waals surface area (Å²) in [5.74, 6) is -7.50. The molecule has 1 N–H and O–H groups in total. The summed E-state index contributed by atoms with van der Waals surface area (Å²) in [6, 6.07) is 8.26. The van der Waals surface area contributed by atoms with Gasteiger partial charge in [-0.25, -0.2) is 27.1 Å². The van der Waals surface area contributed by atoms with Crippen molar-refractivity contribution in [2.24, 2.45) is 0 Å². The van der Waals surface area contributed by atoms with Crippen LogP contribution in [0.5, 0.6) is 0 Å². The van der Waals surface area contributed by atoms with Crippen LogP contribution in [0.1, 0.15) is 32.9 Å². The van der Waals surface area contributed by atoms with Crippen LogP contribution in [0, 0.1) is 37.1 Å². The predicted molar refractivity (Wildman–Crippen MR) is 128 cm³/mol. The first kappa shape index (κ1) is 26.8. The van der Waals surface area contributed by atoms with Gasteiger partial charge in [-0.1, -0.05) is 12.1 Å². The summed E-state index contributed by atoms with van der Waals surface area (Å²) in [5, 5.41) is 9.94. The number of carbonyl (C=O) groups excluding carboxylic acids is 1. The van der Waals surface area contributed by atoms with Crippen LogP contribution >= 0.6 is 0 Å². The molecule has 0 saturated heterocycles. The Labute approximate surface area is 220 Å². The number of aromatic nitrogens is 5. The van der Waals surface area contributed by atoms with Crippen molar-refractivity contribution in [3.8, 4) is 11.3 Å². The number of hydrogen-bond acceptors (Lipinski definition) is 4. The van der Waals surface area contributed by atoms with Gasteiger partial charge in [0.25, 0.3) is 5.91 Å². The van der Waals surface area contributed by atoms with Crippen LogP contribution in [0.3, 0.4) is 0 Å². The Bertz CT molecular complexity index is 1760. The minimum atomic E-state index is -4.82. The van der Waals surface area contributed by atoms with Crippen molar-refractivity contribution in [3.05, 3.63) is 100 Å². The van der Waals surface area contributed by atoms with Crippen LogP contribution < -0.4 is 5.32 Å². The number of fused-ring (bicyclic) bond motifs is 1. The molecule has 0 aliphatic carbocycles. The first-order valence-corrected chi connectivity index (χ1v) is 11.5. The molecule has 1 amide bonds. The number of rotatable bonds is 5. The maximum Gasteiger partial charge on any atom is 0.433 e. The number of nitrogens with zero attached hydrogens (tertiary/aromatic N) is 5. The zero-order valence-electron chi connectivity index (χ0n) is 20.6. The molecule has 0 unspecified atom stereocenters. The van der Waals surface area contributed by atoms with E-state index in [9.17, 15) is 35.5 Å². The van der Waals surface area contributed by atoms with E-state index in [0.717, 1.165) is 27.9 Å². The van der Waals surface area contributed by atoms with E-state index in [1.165, 1.54) is 12.3 Å². The molecule has 0 atom stereocenters. The second-order valence-corrected chi connectivity index (χ2v) is 8.92. The lowest BCUT2D eigenvalue weighted by Crippen LogP contribution is -2.16. The molecule has 5 aromatic rings. The highest BCUT2D eigenvalue weighted by Crippen LogP contribution is 2.33. The van der Waals surface area contributed by atoms with E-state index in [1.54, 1.807) is 18.2 Å². The highest BCUT2D eigenvalue weighted by Gasteiger charge is 2.36. The fourth-order valence-electron chi connectivity index (χ4n) is 3.96. The maximum absolute atomic E-state index is 14.0. The molecule has 14 heteroatoms. The fraction of sp³-hybridized carbons (Fsp3) is 0.154. The van der Waals surface area contributed by atoms with Crippen LogP contribution in [-0.4, -0.2) is 30.3 Å². The third kappa shape index (κ3) is 4.99. The fourth-order valence-corrected chi connectivity index (χ4v) is 3.96. The molecular weight excluding hydrogens is 545 g/mol. The molecule has 3 heterocycles. The van der Waals surface area contributed by atoms with Crippen molar-refractivity contribution in [2.75, 3.05) is 5.32 Å². The van der Waals surface area contributed by atoms with Gasteiger partial charge in [0.15, 0.2) is 46.1 Å². The number of benzene rings is 2. The summed E-state index contributed by atoms with van der Waals surface area (Å²) in [6.45, 7) is 2.96. The summed E-state index contributed by atoms with van der Waals surface area (Å²) in [7, 11) is 0. The number of nitrogens with one attached hydrogen (secondary N) is 1. The monoisotopic (exact) mass is 562 g/mol. The van der Waals surface area contributed by atoms with E-state index in [0.29, 0.717) is 10.1 Å². The van der Waals surface area contributed by atoms with Gasteiger partial charge in [0.1, 0.15) is 0 Å². The highest BCUT2D eigenvalue weighted by atomic mass is 19.4. The zero-order valence-corrected chi connectivity index (χ0v) is 20.6. The third-order valence-electron chi connectivity index (χ3n) is 6.16. The molecule has 5 rings (SSSR count). The lowest BCUT2D eigenvalue weighted by atomic mass is 10.0. The van der Waals surface area contributed by atoms with E-state index >= 15 is 0 Å². The van der Waals surface area contributed by atoms with Crippen molar-refractivity contribution in [1.82, 2.24) is 24.4 Å². The Morgan fingerprint density at radius 1 is 0.900 bits per heavy atom. The third-order valence-corrected chi connectivity index (χ3v) is 6.16. The molecule has 0 spiro atoms. The average molecular weight is 562 g/mol. The molecule has 0 radical (unpaired) electrons. The lowest BCUT2D eigenvalue weighted by Gasteiger charge is -2.11. The topological polar surface area (TPSA) is 77.1 Å². The van der Waals surface area contributed by atoms with Gasteiger partial charge in [-0.05, 0) is 37.1 Å². The largest absolute Gasteiger partial charge is 0.433 e. The first-order chi connectivity index (χ1) is 18.8. The van der Waals surface area contributed by atoms with Gasteiger partial charge < -0.3 is 5.32 Å². The van der Waals surface area contributed by atoms with Crippen molar-refractivity contribution >= 4 is 17.4 Å². The number of amides is 1. The Morgan fingerprint density at radius 2 is 1.60 bits per heavy atom. The molecule has 0 saturated carbocycles. The number of alkyl halides is 3. The van der Waals surface area contributed by atoms with Crippen molar-refractivity contribution in [3.63, 3.8) is 0 Å². The van der Waals surface area contributed by atoms with Crippen molar-refractivity contribution < 1.29 is 35.5 Å². The summed E-state index contributed by atoms with van der Waals surface area (Å²) in [5.41, 5.74) is -0.461. The molecule has 0 fully saturated rings. The summed E-state index contributed by atoms with van der Waals surface area (Å²) in [4.78, 5) is 17.0. The number of halogens is 7. The number of carbonyl (C=O) groups is 1. The zero-order chi connectivity index (χ0) is 28.9. The molecule has 0 aliphatic heterocycles. The standard InChI is InChI=1S/C26H17F7N6O/c1-12-3-4-14(7-13(12)2)18-9-20(26(31,32)33)39-22(34-18)10-19(36-39)25(40)35-21-5-6-38(37-21)11-15-23(29)16(27)8-17(28)24(15)30/h3-10H,11H2,1-2H3,(H,35,37,40). The maximum atomic E-state index is 14.0. The molecule has 206 valence electrons. The molecule has 0 bridgehead atoms. The van der Waals surface area contributed by atoms with E-state index in [2.05, 4.69) is 20.5 Å². The number of aryl methyl sites for hydroxylation is 2. The predicted octanol–water partition coefficient (Wildman–Crippen LogP) is 6.09.